The zero-order chi connectivity index (χ0) is 16.7. The van der Waals surface area contributed by atoms with Crippen LogP contribution in [0, 0.1) is 6.92 Å². The van der Waals surface area contributed by atoms with E-state index in [2.05, 4.69) is 20.5 Å². The molecule has 0 aliphatic heterocycles. The van der Waals surface area contributed by atoms with Crippen LogP contribution in [0.2, 0.25) is 0 Å². The second-order valence-electron chi connectivity index (χ2n) is 6.36. The molecule has 2 heterocycles. The number of aryl methyl sites for hydroxylation is 1. The maximum Gasteiger partial charge on any atom is 0.326 e. The maximum atomic E-state index is 12.4. The Morgan fingerprint density at radius 3 is 2.79 bits per heavy atom. The van der Waals surface area contributed by atoms with Crippen LogP contribution < -0.4 is 11.0 Å². The first-order chi connectivity index (χ1) is 11.6. The van der Waals surface area contributed by atoms with E-state index in [0.717, 1.165) is 36.9 Å². The molecule has 0 bridgehead atoms. The summed E-state index contributed by atoms with van der Waals surface area (Å²) < 4.78 is 1.83. The van der Waals surface area contributed by atoms with Crippen molar-refractivity contribution >= 4 is 22.8 Å². The first kappa shape index (κ1) is 14.7. The lowest BCUT2D eigenvalue weighted by Crippen LogP contribution is -2.20. The van der Waals surface area contributed by atoms with Gasteiger partial charge in [0.05, 0.1) is 11.0 Å². The van der Waals surface area contributed by atoms with Crippen LogP contribution in [0.25, 0.3) is 11.0 Å². The number of aromatic nitrogens is 4. The van der Waals surface area contributed by atoms with Crippen molar-refractivity contribution in [3.8, 4) is 0 Å². The largest absolute Gasteiger partial charge is 0.326 e. The number of nitrogens with zero attached hydrogens (tertiary/aromatic N) is 2. The minimum atomic E-state index is -0.252. The van der Waals surface area contributed by atoms with Gasteiger partial charge in [0.25, 0.3) is 5.91 Å². The second kappa shape index (κ2) is 5.67. The van der Waals surface area contributed by atoms with Crippen LogP contribution in [0.3, 0.4) is 0 Å². The Labute approximate surface area is 138 Å². The second-order valence-corrected chi connectivity index (χ2v) is 6.36. The molecule has 7 heteroatoms. The fourth-order valence-corrected chi connectivity index (χ4v) is 3.47. The van der Waals surface area contributed by atoms with E-state index in [-0.39, 0.29) is 17.6 Å². The molecule has 0 radical (unpaired) electrons. The van der Waals surface area contributed by atoms with Crippen molar-refractivity contribution in [2.45, 2.75) is 38.6 Å². The highest BCUT2D eigenvalue weighted by Gasteiger charge is 2.21. The van der Waals surface area contributed by atoms with E-state index in [4.69, 9.17) is 0 Å². The average molecular weight is 325 g/mol. The van der Waals surface area contributed by atoms with Gasteiger partial charge in [-0.25, -0.2) is 4.79 Å². The van der Waals surface area contributed by atoms with Crippen LogP contribution in [-0.2, 0) is 0 Å². The molecule has 24 heavy (non-hydrogen) atoms. The minimum Gasteiger partial charge on any atom is -0.306 e. The van der Waals surface area contributed by atoms with Crippen molar-refractivity contribution in [3.05, 3.63) is 46.0 Å². The Morgan fingerprint density at radius 2 is 2.08 bits per heavy atom. The molecular weight excluding hydrogens is 306 g/mol. The van der Waals surface area contributed by atoms with Crippen molar-refractivity contribution in [1.29, 1.82) is 0 Å². The van der Waals surface area contributed by atoms with Crippen LogP contribution >= 0.6 is 0 Å². The van der Waals surface area contributed by atoms with Crippen molar-refractivity contribution in [2.75, 3.05) is 5.32 Å². The summed E-state index contributed by atoms with van der Waals surface area (Å²) in [7, 11) is 0. The third-order valence-electron chi connectivity index (χ3n) is 4.62. The van der Waals surface area contributed by atoms with E-state index < -0.39 is 0 Å². The predicted octanol–water partition coefficient (Wildman–Crippen LogP) is 2.73. The molecule has 0 spiro atoms. The Kier molecular flexibility index (Phi) is 3.48. The number of nitrogens with one attached hydrogen (secondary N) is 3. The van der Waals surface area contributed by atoms with Gasteiger partial charge < -0.3 is 10.3 Å². The van der Waals surface area contributed by atoms with Crippen LogP contribution in [0.4, 0.5) is 5.82 Å². The molecule has 0 saturated heterocycles. The first-order valence-electron chi connectivity index (χ1n) is 8.19. The van der Waals surface area contributed by atoms with E-state index in [9.17, 15) is 9.59 Å². The van der Waals surface area contributed by atoms with E-state index in [0.29, 0.717) is 16.9 Å². The van der Waals surface area contributed by atoms with Gasteiger partial charge >= 0.3 is 5.69 Å². The maximum absolute atomic E-state index is 12.4. The molecule has 3 aromatic rings. The molecule has 1 fully saturated rings. The van der Waals surface area contributed by atoms with Gasteiger partial charge in [-0.3, -0.25) is 14.5 Å². The quantitative estimate of drug-likeness (QED) is 0.691. The van der Waals surface area contributed by atoms with Gasteiger partial charge in [-0.1, -0.05) is 12.8 Å². The highest BCUT2D eigenvalue weighted by Crippen LogP contribution is 2.30. The summed E-state index contributed by atoms with van der Waals surface area (Å²) in [6, 6.07) is 7.33. The summed E-state index contributed by atoms with van der Waals surface area (Å²) in [5.41, 5.74) is 2.82. The highest BCUT2D eigenvalue weighted by molar-refractivity contribution is 6.05. The SMILES string of the molecule is Cc1cc(NC(=O)c2ccc3c(c2)[nH]c(=O)n3C2CCCC2)n[nH]1. The van der Waals surface area contributed by atoms with Crippen molar-refractivity contribution in [2.24, 2.45) is 0 Å². The average Bonchev–Trinajstić information content (AvgIpc) is 3.26. The monoisotopic (exact) mass is 325 g/mol. The smallest absolute Gasteiger partial charge is 0.306 e. The molecule has 1 aromatic carbocycles. The molecular formula is C17H19N5O2. The summed E-state index contributed by atoms with van der Waals surface area (Å²) >= 11 is 0. The molecule has 7 nitrogen and oxygen atoms in total. The van der Waals surface area contributed by atoms with Crippen LogP contribution in [0.1, 0.15) is 47.8 Å². The molecule has 1 aliphatic rings. The summed E-state index contributed by atoms with van der Waals surface area (Å²) in [6.07, 6.45) is 4.39. The van der Waals surface area contributed by atoms with Crippen LogP contribution in [0.5, 0.6) is 0 Å². The molecule has 3 N–H and O–H groups in total. The number of carbonyl (C=O) groups is 1. The topological polar surface area (TPSA) is 95.6 Å². The zero-order valence-electron chi connectivity index (χ0n) is 13.4. The zero-order valence-corrected chi connectivity index (χ0v) is 13.4. The molecule has 1 aliphatic carbocycles. The number of imidazole rings is 1. The fraction of sp³-hybridized carbons (Fsp3) is 0.353. The molecule has 0 unspecified atom stereocenters. The minimum absolute atomic E-state index is 0.0996. The number of fused-ring (bicyclic) bond motifs is 1. The van der Waals surface area contributed by atoms with Gasteiger partial charge in [0.15, 0.2) is 5.82 Å². The Bertz CT molecular complexity index is 959. The van der Waals surface area contributed by atoms with Gasteiger partial charge in [-0.2, -0.15) is 5.10 Å². The van der Waals surface area contributed by atoms with Gasteiger partial charge in [-0.15, -0.1) is 0 Å². The standard InChI is InChI=1S/C17H19N5O2/c1-10-8-15(21-20-10)19-16(23)11-6-7-14-13(9-11)18-17(24)22(14)12-4-2-3-5-12/h6-9,12H,2-5H2,1H3,(H,18,24)(H2,19,20,21,23). The lowest BCUT2D eigenvalue weighted by atomic mass is 10.1. The summed E-state index contributed by atoms with van der Waals surface area (Å²) in [6.45, 7) is 1.87. The number of carbonyl (C=O) groups excluding carboxylic acids is 1. The molecule has 0 atom stereocenters. The van der Waals surface area contributed by atoms with Gasteiger partial charge in [0, 0.05) is 23.4 Å². The lowest BCUT2D eigenvalue weighted by molar-refractivity contribution is 0.102. The van der Waals surface area contributed by atoms with Gasteiger partial charge in [0.2, 0.25) is 0 Å². The van der Waals surface area contributed by atoms with E-state index >= 15 is 0 Å². The summed E-state index contributed by atoms with van der Waals surface area (Å²) in [4.78, 5) is 27.5. The number of H-pyrrole nitrogens is 2. The number of hydrogen-bond donors (Lipinski definition) is 3. The third kappa shape index (κ3) is 2.51. The Morgan fingerprint density at radius 1 is 1.29 bits per heavy atom. The molecule has 1 amide bonds. The number of hydrogen-bond acceptors (Lipinski definition) is 3. The van der Waals surface area contributed by atoms with Crippen LogP contribution in [0.15, 0.2) is 29.1 Å². The van der Waals surface area contributed by atoms with Crippen molar-refractivity contribution in [3.63, 3.8) is 0 Å². The molecule has 2 aromatic heterocycles. The number of rotatable bonds is 3. The Hall–Kier alpha value is -2.83. The third-order valence-corrected chi connectivity index (χ3v) is 4.62. The first-order valence-corrected chi connectivity index (χ1v) is 8.19. The van der Waals surface area contributed by atoms with Crippen LogP contribution in [-0.4, -0.2) is 25.7 Å². The molecule has 124 valence electrons. The van der Waals surface area contributed by atoms with Crippen molar-refractivity contribution in [1.82, 2.24) is 19.7 Å². The summed E-state index contributed by atoms with van der Waals surface area (Å²) in [5, 5.41) is 9.52. The Balaban J connectivity index is 1.66. The summed E-state index contributed by atoms with van der Waals surface area (Å²) in [5.74, 6) is 0.229. The van der Waals surface area contributed by atoms with Crippen molar-refractivity contribution < 1.29 is 4.79 Å². The van der Waals surface area contributed by atoms with Gasteiger partial charge in [0.1, 0.15) is 0 Å². The number of amides is 1. The van der Waals surface area contributed by atoms with E-state index in [1.807, 2.05) is 17.6 Å². The molecule has 4 rings (SSSR count). The number of benzene rings is 1. The van der Waals surface area contributed by atoms with E-state index in [1.165, 1.54) is 0 Å². The number of anilines is 1. The fourth-order valence-electron chi connectivity index (χ4n) is 3.47. The highest BCUT2D eigenvalue weighted by atomic mass is 16.2. The normalized spacial score (nSPS) is 15.2. The molecule has 1 saturated carbocycles. The predicted molar refractivity (Wildman–Crippen MR) is 91.3 cm³/mol. The van der Waals surface area contributed by atoms with E-state index in [1.54, 1.807) is 18.2 Å². The lowest BCUT2D eigenvalue weighted by Gasteiger charge is -2.11. The van der Waals surface area contributed by atoms with Gasteiger partial charge in [-0.05, 0) is 38.0 Å². The number of aromatic amines is 2.